The molecule has 0 saturated heterocycles. The molecule has 4 nitrogen and oxygen atoms in total. The van der Waals surface area contributed by atoms with Crippen LogP contribution in [0.3, 0.4) is 0 Å². The molecule has 0 aliphatic carbocycles. The van der Waals surface area contributed by atoms with Crippen molar-refractivity contribution in [2.75, 3.05) is 25.5 Å². The summed E-state index contributed by atoms with van der Waals surface area (Å²) >= 11 is 0. The first kappa shape index (κ1) is 14.1. The molecule has 1 aromatic carbocycles. The smallest absolute Gasteiger partial charge is 0.384 e. The zero-order valence-corrected chi connectivity index (χ0v) is 11.0. The van der Waals surface area contributed by atoms with Gasteiger partial charge in [0.1, 0.15) is 6.54 Å². The molecule has 0 spiro atoms. The molecule has 0 unspecified atom stereocenters. The largest absolute Gasteiger partial charge is 0.402 e. The standard InChI is InChI=1S/C11H13F3N2O2S/c1-16(7-11(12,13)14)19(17,18)9-2-3-10-8(6-9)4-5-15-10/h2-3,6,15H,4-5,7H2,1H3. The average molecular weight is 294 g/mol. The molecule has 1 heterocycles. The highest BCUT2D eigenvalue weighted by Crippen LogP contribution is 2.27. The lowest BCUT2D eigenvalue weighted by atomic mass is 10.2. The third-order valence-electron chi connectivity index (χ3n) is 2.90. The maximum Gasteiger partial charge on any atom is 0.402 e. The quantitative estimate of drug-likeness (QED) is 0.925. The van der Waals surface area contributed by atoms with E-state index in [1.807, 2.05) is 0 Å². The van der Waals surface area contributed by atoms with E-state index in [0.717, 1.165) is 18.3 Å². The summed E-state index contributed by atoms with van der Waals surface area (Å²) < 4.78 is 61.1. The number of alkyl halides is 3. The molecular formula is C11H13F3N2O2S. The van der Waals surface area contributed by atoms with E-state index in [4.69, 9.17) is 0 Å². The van der Waals surface area contributed by atoms with Gasteiger partial charge in [-0.1, -0.05) is 0 Å². The van der Waals surface area contributed by atoms with Gasteiger partial charge in [-0.05, 0) is 30.2 Å². The first-order valence-corrected chi connectivity index (χ1v) is 7.04. The van der Waals surface area contributed by atoms with Crippen LogP contribution in [-0.4, -0.2) is 39.0 Å². The second-order valence-corrected chi connectivity index (χ2v) is 6.42. The van der Waals surface area contributed by atoms with Crippen molar-refractivity contribution in [3.63, 3.8) is 0 Å². The van der Waals surface area contributed by atoms with Crippen LogP contribution in [0.25, 0.3) is 0 Å². The maximum atomic E-state index is 12.3. The number of halogens is 3. The van der Waals surface area contributed by atoms with Crippen LogP contribution in [0, 0.1) is 0 Å². The van der Waals surface area contributed by atoms with Gasteiger partial charge in [-0.15, -0.1) is 0 Å². The average Bonchev–Trinajstić information content (AvgIpc) is 2.73. The van der Waals surface area contributed by atoms with Crippen molar-refractivity contribution in [2.45, 2.75) is 17.5 Å². The molecule has 1 aliphatic rings. The van der Waals surface area contributed by atoms with Gasteiger partial charge in [0.2, 0.25) is 10.0 Å². The minimum Gasteiger partial charge on any atom is -0.384 e. The van der Waals surface area contributed by atoms with Crippen LogP contribution in [0.5, 0.6) is 0 Å². The van der Waals surface area contributed by atoms with E-state index >= 15 is 0 Å². The molecule has 1 aromatic rings. The maximum absolute atomic E-state index is 12.3. The minimum absolute atomic E-state index is 0.110. The number of hydrogen-bond donors (Lipinski definition) is 1. The van der Waals surface area contributed by atoms with E-state index in [1.54, 1.807) is 6.07 Å². The highest BCUT2D eigenvalue weighted by Gasteiger charge is 2.35. The summed E-state index contributed by atoms with van der Waals surface area (Å²) in [6.07, 6.45) is -3.89. The highest BCUT2D eigenvalue weighted by atomic mass is 32.2. The zero-order chi connectivity index (χ0) is 14.3. The number of anilines is 1. The molecule has 8 heteroatoms. The Hall–Kier alpha value is -1.28. The van der Waals surface area contributed by atoms with Crippen molar-refractivity contribution < 1.29 is 21.6 Å². The lowest BCUT2D eigenvalue weighted by molar-refractivity contribution is -0.134. The monoisotopic (exact) mass is 294 g/mol. The number of fused-ring (bicyclic) bond motifs is 1. The molecular weight excluding hydrogens is 281 g/mol. The fourth-order valence-electron chi connectivity index (χ4n) is 1.96. The third kappa shape index (κ3) is 3.01. The number of nitrogens with one attached hydrogen (secondary N) is 1. The number of benzene rings is 1. The van der Waals surface area contributed by atoms with E-state index < -0.39 is 22.7 Å². The van der Waals surface area contributed by atoms with E-state index in [-0.39, 0.29) is 4.90 Å². The summed E-state index contributed by atoms with van der Waals surface area (Å²) in [6, 6.07) is 4.33. The summed E-state index contributed by atoms with van der Waals surface area (Å²) in [5.41, 5.74) is 1.64. The first-order valence-electron chi connectivity index (χ1n) is 5.60. The summed E-state index contributed by atoms with van der Waals surface area (Å²) in [6.45, 7) is -0.790. The zero-order valence-electron chi connectivity index (χ0n) is 10.2. The molecule has 19 heavy (non-hydrogen) atoms. The fourth-order valence-corrected chi connectivity index (χ4v) is 3.17. The summed E-state index contributed by atoms with van der Waals surface area (Å²) in [4.78, 5) is -0.110. The predicted octanol–water partition coefficient (Wildman–Crippen LogP) is 1.84. The van der Waals surface area contributed by atoms with Crippen molar-refractivity contribution >= 4 is 15.7 Å². The highest BCUT2D eigenvalue weighted by molar-refractivity contribution is 7.89. The molecule has 106 valence electrons. The van der Waals surface area contributed by atoms with Gasteiger partial charge in [0, 0.05) is 19.3 Å². The molecule has 1 N–H and O–H groups in total. The Bertz CT molecular complexity index is 584. The molecule has 0 aromatic heterocycles. The van der Waals surface area contributed by atoms with E-state index in [9.17, 15) is 21.6 Å². The topological polar surface area (TPSA) is 49.4 Å². The molecule has 0 saturated carbocycles. The van der Waals surface area contributed by atoms with Crippen molar-refractivity contribution in [1.29, 1.82) is 0 Å². The van der Waals surface area contributed by atoms with Crippen molar-refractivity contribution in [1.82, 2.24) is 4.31 Å². The van der Waals surface area contributed by atoms with E-state index in [1.165, 1.54) is 12.1 Å². The second-order valence-electron chi connectivity index (χ2n) is 4.37. The van der Waals surface area contributed by atoms with E-state index in [0.29, 0.717) is 17.3 Å². The Labute approximate surface area is 109 Å². The van der Waals surface area contributed by atoms with E-state index in [2.05, 4.69) is 5.32 Å². The van der Waals surface area contributed by atoms with Crippen LogP contribution in [-0.2, 0) is 16.4 Å². The van der Waals surface area contributed by atoms with Gasteiger partial charge in [0.15, 0.2) is 0 Å². The van der Waals surface area contributed by atoms with Gasteiger partial charge >= 0.3 is 6.18 Å². The molecule has 0 atom stereocenters. The van der Waals surface area contributed by atoms with Gasteiger partial charge in [0.25, 0.3) is 0 Å². The van der Waals surface area contributed by atoms with Crippen LogP contribution in [0.15, 0.2) is 23.1 Å². The Balaban J connectivity index is 2.29. The van der Waals surface area contributed by atoms with Crippen LogP contribution in [0.1, 0.15) is 5.56 Å². The van der Waals surface area contributed by atoms with Crippen molar-refractivity contribution in [2.24, 2.45) is 0 Å². The molecule has 2 rings (SSSR count). The minimum atomic E-state index is -4.56. The Morgan fingerprint density at radius 3 is 2.68 bits per heavy atom. The fraction of sp³-hybridized carbons (Fsp3) is 0.455. The van der Waals surface area contributed by atoms with Gasteiger partial charge in [0.05, 0.1) is 4.90 Å². The molecule has 1 aliphatic heterocycles. The predicted molar refractivity (Wildman–Crippen MR) is 64.5 cm³/mol. The summed E-state index contributed by atoms with van der Waals surface area (Å²) in [5.74, 6) is 0. The Morgan fingerprint density at radius 1 is 1.37 bits per heavy atom. The lowest BCUT2D eigenvalue weighted by Crippen LogP contribution is -2.35. The number of nitrogens with zero attached hydrogens (tertiary/aromatic N) is 1. The van der Waals surface area contributed by atoms with Crippen LogP contribution >= 0.6 is 0 Å². The summed E-state index contributed by atoms with van der Waals surface area (Å²) in [7, 11) is -3.18. The second kappa shape index (κ2) is 4.68. The molecule has 0 fully saturated rings. The van der Waals surface area contributed by atoms with Crippen LogP contribution < -0.4 is 5.32 Å². The molecule has 0 bridgehead atoms. The van der Waals surface area contributed by atoms with Crippen molar-refractivity contribution in [3.05, 3.63) is 23.8 Å². The molecule has 0 amide bonds. The summed E-state index contributed by atoms with van der Waals surface area (Å²) in [5, 5.41) is 3.06. The van der Waals surface area contributed by atoms with Gasteiger partial charge in [-0.3, -0.25) is 0 Å². The van der Waals surface area contributed by atoms with Gasteiger partial charge in [-0.2, -0.15) is 17.5 Å². The van der Waals surface area contributed by atoms with Gasteiger partial charge < -0.3 is 5.32 Å². The Kier molecular flexibility index (Phi) is 3.48. The third-order valence-corrected chi connectivity index (χ3v) is 4.70. The number of sulfonamides is 1. The van der Waals surface area contributed by atoms with Crippen LogP contribution in [0.2, 0.25) is 0 Å². The number of hydrogen-bond acceptors (Lipinski definition) is 3. The SMILES string of the molecule is CN(CC(F)(F)F)S(=O)(=O)c1ccc2c(c1)CCN2. The normalized spacial score (nSPS) is 15.4. The first-order chi connectivity index (χ1) is 8.70. The molecule has 0 radical (unpaired) electrons. The number of rotatable bonds is 3. The van der Waals surface area contributed by atoms with Gasteiger partial charge in [-0.25, -0.2) is 8.42 Å². The lowest BCUT2D eigenvalue weighted by Gasteiger charge is -2.19. The Morgan fingerprint density at radius 2 is 2.05 bits per heavy atom. The van der Waals surface area contributed by atoms with Crippen LogP contribution in [0.4, 0.5) is 18.9 Å². The van der Waals surface area contributed by atoms with Crippen molar-refractivity contribution in [3.8, 4) is 0 Å².